The third kappa shape index (κ3) is 5.17. The van der Waals surface area contributed by atoms with Crippen molar-refractivity contribution in [3.05, 3.63) is 64.3 Å². The molecule has 1 heterocycles. The Morgan fingerprint density at radius 1 is 1.20 bits per heavy atom. The molecule has 3 rings (SSSR count). The quantitative estimate of drug-likeness (QED) is 0.364. The third-order valence-corrected chi connectivity index (χ3v) is 5.54. The van der Waals surface area contributed by atoms with Gasteiger partial charge in [-0.2, -0.15) is 0 Å². The number of ether oxygens (including phenoxy) is 3. The lowest BCUT2D eigenvalue weighted by Crippen LogP contribution is -2.33. The van der Waals surface area contributed by atoms with E-state index >= 15 is 0 Å². The number of esters is 1. The molecule has 0 radical (unpaired) electrons. The van der Waals surface area contributed by atoms with Crippen LogP contribution in [0.4, 0.5) is 4.39 Å². The molecule has 0 aliphatic carbocycles. The first-order chi connectivity index (χ1) is 14.4. The Kier molecular flexibility index (Phi) is 7.07. The minimum atomic E-state index is -0.547. The van der Waals surface area contributed by atoms with Crippen molar-refractivity contribution in [2.24, 2.45) is 0 Å². The maximum atomic E-state index is 13.3. The summed E-state index contributed by atoms with van der Waals surface area (Å²) in [6.45, 7) is -0.0473. The molecule has 1 fully saturated rings. The van der Waals surface area contributed by atoms with E-state index in [-0.39, 0.29) is 24.9 Å². The molecule has 0 unspecified atom stereocenters. The van der Waals surface area contributed by atoms with Crippen LogP contribution in [0, 0.1) is 5.82 Å². The summed E-state index contributed by atoms with van der Waals surface area (Å²) in [5, 5.41) is 0. The smallest absolute Gasteiger partial charge is 0.325 e. The fraction of sp³-hybridized carbons (Fsp3) is 0.190. The Morgan fingerprint density at radius 3 is 2.70 bits per heavy atom. The van der Waals surface area contributed by atoms with Crippen LogP contribution < -0.4 is 9.47 Å². The molecule has 0 bridgehead atoms. The SMILES string of the molecule is COC(=O)CN1C(=O)/C(=C/c2ccc(OCc3cccc(F)c3)c(OC)c2)SC1=S. The first kappa shape index (κ1) is 21.8. The standard InChI is InChI=1S/C21H18FNO5S2/c1-26-17-9-13(6-7-16(17)28-12-14-4-3-5-15(22)8-14)10-18-20(25)23(21(29)30-18)11-19(24)27-2/h3-10H,11-12H2,1-2H3/b18-10-. The van der Waals surface area contributed by atoms with E-state index in [2.05, 4.69) is 4.74 Å². The zero-order valence-corrected chi connectivity index (χ0v) is 17.8. The highest BCUT2D eigenvalue weighted by Crippen LogP contribution is 2.35. The highest BCUT2D eigenvalue weighted by Gasteiger charge is 2.33. The molecule has 0 atom stereocenters. The molecule has 0 spiro atoms. The lowest BCUT2D eigenvalue weighted by molar-refractivity contribution is -0.143. The first-order valence-corrected chi connectivity index (χ1v) is 10.0. The molecule has 1 amide bonds. The summed E-state index contributed by atoms with van der Waals surface area (Å²) in [6, 6.07) is 11.3. The Hall–Kier alpha value is -2.91. The Bertz CT molecular complexity index is 1020. The van der Waals surface area contributed by atoms with Crippen LogP contribution in [0.1, 0.15) is 11.1 Å². The molecule has 30 heavy (non-hydrogen) atoms. The van der Waals surface area contributed by atoms with Crippen molar-refractivity contribution in [2.75, 3.05) is 20.8 Å². The normalized spacial score (nSPS) is 14.9. The number of amides is 1. The fourth-order valence-electron chi connectivity index (χ4n) is 2.66. The molecule has 9 heteroatoms. The molecule has 0 aromatic heterocycles. The zero-order valence-electron chi connectivity index (χ0n) is 16.2. The summed E-state index contributed by atoms with van der Waals surface area (Å²) in [5.74, 6) is -0.292. The summed E-state index contributed by atoms with van der Waals surface area (Å²) in [6.07, 6.45) is 1.66. The number of benzene rings is 2. The maximum Gasteiger partial charge on any atom is 0.325 e. The van der Waals surface area contributed by atoms with Crippen LogP contribution >= 0.6 is 24.0 Å². The minimum Gasteiger partial charge on any atom is -0.493 e. The van der Waals surface area contributed by atoms with E-state index in [1.54, 1.807) is 36.4 Å². The van der Waals surface area contributed by atoms with Gasteiger partial charge in [0, 0.05) is 0 Å². The lowest BCUT2D eigenvalue weighted by atomic mass is 10.1. The summed E-state index contributed by atoms with van der Waals surface area (Å²) < 4.78 is 29.3. The van der Waals surface area contributed by atoms with Crippen LogP contribution in [-0.4, -0.2) is 41.9 Å². The maximum absolute atomic E-state index is 13.3. The lowest BCUT2D eigenvalue weighted by Gasteiger charge is -2.12. The average Bonchev–Trinajstić information content (AvgIpc) is 2.99. The summed E-state index contributed by atoms with van der Waals surface area (Å²) in [7, 11) is 2.75. The second-order valence-corrected chi connectivity index (χ2v) is 7.85. The van der Waals surface area contributed by atoms with Crippen molar-refractivity contribution < 1.29 is 28.2 Å². The third-order valence-electron chi connectivity index (χ3n) is 4.16. The molecule has 1 aliphatic rings. The second kappa shape index (κ2) is 9.73. The Balaban J connectivity index is 1.75. The number of hydrogen-bond acceptors (Lipinski definition) is 7. The van der Waals surface area contributed by atoms with Gasteiger partial charge < -0.3 is 14.2 Å². The number of halogens is 1. The van der Waals surface area contributed by atoms with Crippen molar-refractivity contribution in [3.8, 4) is 11.5 Å². The molecule has 2 aromatic carbocycles. The summed E-state index contributed by atoms with van der Waals surface area (Å²) in [4.78, 5) is 25.6. The molecule has 1 saturated heterocycles. The van der Waals surface area contributed by atoms with Gasteiger partial charge in [-0.25, -0.2) is 4.39 Å². The van der Waals surface area contributed by atoms with Gasteiger partial charge in [0.15, 0.2) is 11.5 Å². The molecule has 2 aromatic rings. The predicted octanol–water partition coefficient (Wildman–Crippen LogP) is 3.79. The number of methoxy groups -OCH3 is 2. The summed E-state index contributed by atoms with van der Waals surface area (Å²) >= 11 is 6.29. The topological polar surface area (TPSA) is 65.1 Å². The number of thiocarbonyl (C=S) groups is 1. The highest BCUT2D eigenvalue weighted by atomic mass is 32.2. The zero-order chi connectivity index (χ0) is 21.7. The van der Waals surface area contributed by atoms with Gasteiger partial charge in [-0.05, 0) is 41.5 Å². The number of thioether (sulfide) groups is 1. The van der Waals surface area contributed by atoms with Gasteiger partial charge in [-0.3, -0.25) is 14.5 Å². The van der Waals surface area contributed by atoms with Crippen molar-refractivity contribution in [3.63, 3.8) is 0 Å². The molecule has 6 nitrogen and oxygen atoms in total. The van der Waals surface area contributed by atoms with Crippen LogP contribution in [0.5, 0.6) is 11.5 Å². The monoisotopic (exact) mass is 447 g/mol. The van der Waals surface area contributed by atoms with E-state index in [1.165, 1.54) is 31.3 Å². The Labute approximate surface area is 182 Å². The van der Waals surface area contributed by atoms with Crippen molar-refractivity contribution in [1.29, 1.82) is 0 Å². The van der Waals surface area contributed by atoms with E-state index in [0.29, 0.717) is 31.9 Å². The fourth-order valence-corrected chi connectivity index (χ4v) is 3.92. The van der Waals surface area contributed by atoms with Gasteiger partial charge in [0.2, 0.25) is 0 Å². The van der Waals surface area contributed by atoms with Crippen LogP contribution in [0.15, 0.2) is 47.4 Å². The molecule has 156 valence electrons. The van der Waals surface area contributed by atoms with E-state index in [0.717, 1.165) is 11.8 Å². The largest absolute Gasteiger partial charge is 0.493 e. The van der Waals surface area contributed by atoms with E-state index in [1.807, 2.05) is 0 Å². The predicted molar refractivity (Wildman–Crippen MR) is 116 cm³/mol. The van der Waals surface area contributed by atoms with Gasteiger partial charge in [0.05, 0.1) is 19.1 Å². The number of carbonyl (C=O) groups excluding carboxylic acids is 2. The molecule has 1 aliphatic heterocycles. The molecular weight excluding hydrogens is 429 g/mol. The van der Waals surface area contributed by atoms with Crippen molar-refractivity contribution in [1.82, 2.24) is 4.90 Å². The van der Waals surface area contributed by atoms with Crippen LogP contribution in [-0.2, 0) is 20.9 Å². The minimum absolute atomic E-state index is 0.180. The van der Waals surface area contributed by atoms with E-state index < -0.39 is 5.97 Å². The number of carbonyl (C=O) groups is 2. The van der Waals surface area contributed by atoms with Crippen molar-refractivity contribution in [2.45, 2.75) is 6.61 Å². The number of rotatable bonds is 7. The number of nitrogens with zero attached hydrogens (tertiary/aromatic N) is 1. The van der Waals surface area contributed by atoms with Gasteiger partial charge in [0.1, 0.15) is 23.3 Å². The van der Waals surface area contributed by atoms with Gasteiger partial charge in [-0.1, -0.05) is 42.2 Å². The number of hydrogen-bond donors (Lipinski definition) is 0. The second-order valence-electron chi connectivity index (χ2n) is 6.17. The highest BCUT2D eigenvalue weighted by molar-refractivity contribution is 8.26. The van der Waals surface area contributed by atoms with Crippen molar-refractivity contribution >= 4 is 46.3 Å². The van der Waals surface area contributed by atoms with Crippen LogP contribution in [0.3, 0.4) is 0 Å². The van der Waals surface area contributed by atoms with Crippen LogP contribution in [0.2, 0.25) is 0 Å². The average molecular weight is 448 g/mol. The van der Waals surface area contributed by atoms with E-state index in [9.17, 15) is 14.0 Å². The Morgan fingerprint density at radius 2 is 2.00 bits per heavy atom. The van der Waals surface area contributed by atoms with E-state index in [4.69, 9.17) is 21.7 Å². The van der Waals surface area contributed by atoms with Crippen LogP contribution in [0.25, 0.3) is 6.08 Å². The van der Waals surface area contributed by atoms with Gasteiger partial charge >= 0.3 is 5.97 Å². The molecular formula is C21H18FNO5S2. The van der Waals surface area contributed by atoms with Gasteiger partial charge in [-0.15, -0.1) is 0 Å². The molecule has 0 N–H and O–H groups in total. The molecule has 0 saturated carbocycles. The summed E-state index contributed by atoms with van der Waals surface area (Å²) in [5.41, 5.74) is 1.39. The van der Waals surface area contributed by atoms with Gasteiger partial charge in [0.25, 0.3) is 5.91 Å². The first-order valence-electron chi connectivity index (χ1n) is 8.78.